The van der Waals surface area contributed by atoms with Gasteiger partial charge in [0.05, 0.1) is 19.7 Å². The molecule has 1 aromatic heterocycles. The molecular weight excluding hydrogens is 531 g/mol. The molecule has 0 aliphatic rings. The number of aromatic nitrogens is 3. The highest BCUT2D eigenvalue weighted by Gasteiger charge is 2.08. The van der Waals surface area contributed by atoms with Crippen LogP contribution in [0, 0.1) is 13.8 Å². The molecular formula is C24H41IN6O2. The highest BCUT2D eigenvalue weighted by Crippen LogP contribution is 2.22. The van der Waals surface area contributed by atoms with Crippen LogP contribution in [0.1, 0.15) is 61.8 Å². The summed E-state index contributed by atoms with van der Waals surface area (Å²) in [6.45, 7) is 9.54. The molecule has 0 spiro atoms. The van der Waals surface area contributed by atoms with Gasteiger partial charge in [-0.2, -0.15) is 0 Å². The Hall–Kier alpha value is -1.88. The average Bonchev–Trinajstić information content (AvgIpc) is 3.11. The van der Waals surface area contributed by atoms with Gasteiger partial charge in [-0.1, -0.05) is 38.3 Å². The first-order valence-electron chi connectivity index (χ1n) is 11.6. The Balaban J connectivity index is 0.00000544. The monoisotopic (exact) mass is 572 g/mol. The molecule has 0 bridgehead atoms. The molecule has 0 amide bonds. The van der Waals surface area contributed by atoms with Crippen molar-refractivity contribution in [3.05, 3.63) is 41.0 Å². The van der Waals surface area contributed by atoms with Crippen molar-refractivity contribution in [2.45, 2.75) is 66.0 Å². The van der Waals surface area contributed by atoms with Crippen molar-refractivity contribution < 1.29 is 9.47 Å². The zero-order valence-corrected chi connectivity index (χ0v) is 23.1. The van der Waals surface area contributed by atoms with E-state index in [-0.39, 0.29) is 24.0 Å². The SMILES string of the molecule is CCCCCCOc1cc(C)ccc1CN=C(NCCCOC)NCc1nnc(C)n1C.I. The molecule has 9 heteroatoms. The lowest BCUT2D eigenvalue weighted by molar-refractivity contribution is 0.195. The Kier molecular flexibility index (Phi) is 14.7. The van der Waals surface area contributed by atoms with E-state index in [0.29, 0.717) is 19.7 Å². The van der Waals surface area contributed by atoms with Crippen LogP contribution in [-0.2, 0) is 24.9 Å². The number of methoxy groups -OCH3 is 1. The van der Waals surface area contributed by atoms with Crippen molar-refractivity contribution in [2.75, 3.05) is 26.9 Å². The van der Waals surface area contributed by atoms with E-state index in [0.717, 1.165) is 54.9 Å². The van der Waals surface area contributed by atoms with Gasteiger partial charge in [-0.05, 0) is 38.3 Å². The Bertz CT molecular complexity index is 840. The van der Waals surface area contributed by atoms with Gasteiger partial charge < -0.3 is 24.7 Å². The van der Waals surface area contributed by atoms with Crippen molar-refractivity contribution in [3.8, 4) is 5.75 Å². The van der Waals surface area contributed by atoms with Gasteiger partial charge in [-0.15, -0.1) is 34.2 Å². The molecule has 0 aliphatic heterocycles. The van der Waals surface area contributed by atoms with Gasteiger partial charge in [-0.25, -0.2) is 4.99 Å². The van der Waals surface area contributed by atoms with Gasteiger partial charge in [0.25, 0.3) is 0 Å². The predicted molar refractivity (Wildman–Crippen MR) is 144 cm³/mol. The summed E-state index contributed by atoms with van der Waals surface area (Å²) in [5.74, 6) is 3.40. The number of hydrogen-bond donors (Lipinski definition) is 2. The molecule has 186 valence electrons. The maximum Gasteiger partial charge on any atom is 0.191 e. The van der Waals surface area contributed by atoms with Crippen LogP contribution in [0.25, 0.3) is 0 Å². The van der Waals surface area contributed by atoms with Crippen LogP contribution in [0.2, 0.25) is 0 Å². The van der Waals surface area contributed by atoms with Gasteiger partial charge in [-0.3, -0.25) is 0 Å². The number of nitrogens with zero attached hydrogens (tertiary/aromatic N) is 4. The van der Waals surface area contributed by atoms with E-state index in [4.69, 9.17) is 14.5 Å². The maximum absolute atomic E-state index is 6.11. The number of aryl methyl sites for hydroxylation is 2. The summed E-state index contributed by atoms with van der Waals surface area (Å²) < 4.78 is 13.2. The van der Waals surface area contributed by atoms with Crippen LogP contribution >= 0.6 is 24.0 Å². The summed E-state index contributed by atoms with van der Waals surface area (Å²) in [6.07, 6.45) is 5.66. The molecule has 1 aromatic carbocycles. The number of guanidine groups is 1. The maximum atomic E-state index is 6.11. The summed E-state index contributed by atoms with van der Waals surface area (Å²) >= 11 is 0. The second-order valence-electron chi connectivity index (χ2n) is 8.03. The minimum Gasteiger partial charge on any atom is -0.493 e. The number of nitrogens with one attached hydrogen (secondary N) is 2. The van der Waals surface area contributed by atoms with Gasteiger partial charge in [0.15, 0.2) is 11.8 Å². The number of ether oxygens (including phenoxy) is 2. The Labute approximate surface area is 216 Å². The second kappa shape index (κ2) is 16.7. The standard InChI is InChI=1S/C24H40N6O2.HI/c1-6-7-8-9-15-32-22-16-19(2)11-12-21(22)17-26-24(25-13-10-14-31-5)27-18-23-29-28-20(3)30(23)4;/h11-12,16H,6-10,13-15,17-18H2,1-5H3,(H2,25,26,27);1H. The van der Waals surface area contributed by atoms with Crippen LogP contribution in [-0.4, -0.2) is 47.6 Å². The first-order valence-corrected chi connectivity index (χ1v) is 11.6. The van der Waals surface area contributed by atoms with E-state index >= 15 is 0 Å². The van der Waals surface area contributed by atoms with Crippen molar-refractivity contribution in [1.29, 1.82) is 0 Å². The largest absolute Gasteiger partial charge is 0.493 e. The van der Waals surface area contributed by atoms with Crippen molar-refractivity contribution in [2.24, 2.45) is 12.0 Å². The number of rotatable bonds is 14. The fourth-order valence-electron chi connectivity index (χ4n) is 3.17. The van der Waals surface area contributed by atoms with E-state index in [1.807, 2.05) is 18.5 Å². The summed E-state index contributed by atoms with van der Waals surface area (Å²) in [5.41, 5.74) is 2.27. The lowest BCUT2D eigenvalue weighted by Crippen LogP contribution is -2.38. The normalized spacial score (nSPS) is 11.2. The molecule has 0 radical (unpaired) electrons. The van der Waals surface area contributed by atoms with Gasteiger partial charge >= 0.3 is 0 Å². The Morgan fingerprint density at radius 1 is 1.06 bits per heavy atom. The molecule has 0 fully saturated rings. The second-order valence-corrected chi connectivity index (χ2v) is 8.03. The summed E-state index contributed by atoms with van der Waals surface area (Å²) in [5, 5.41) is 15.1. The topological polar surface area (TPSA) is 85.6 Å². The highest BCUT2D eigenvalue weighted by molar-refractivity contribution is 14.0. The van der Waals surface area contributed by atoms with E-state index in [9.17, 15) is 0 Å². The van der Waals surface area contributed by atoms with E-state index in [1.165, 1.54) is 24.8 Å². The fourth-order valence-corrected chi connectivity index (χ4v) is 3.17. The number of benzene rings is 1. The van der Waals surface area contributed by atoms with Gasteiger partial charge in [0.1, 0.15) is 11.6 Å². The van der Waals surface area contributed by atoms with Crippen LogP contribution < -0.4 is 15.4 Å². The zero-order chi connectivity index (χ0) is 23.2. The molecule has 2 rings (SSSR count). The average molecular weight is 573 g/mol. The molecule has 8 nitrogen and oxygen atoms in total. The third kappa shape index (κ3) is 10.7. The smallest absolute Gasteiger partial charge is 0.191 e. The molecule has 0 saturated heterocycles. The molecule has 0 saturated carbocycles. The Morgan fingerprint density at radius 2 is 1.88 bits per heavy atom. The van der Waals surface area contributed by atoms with Crippen molar-refractivity contribution in [1.82, 2.24) is 25.4 Å². The van der Waals surface area contributed by atoms with Crippen LogP contribution in [0.3, 0.4) is 0 Å². The summed E-state index contributed by atoms with van der Waals surface area (Å²) in [7, 11) is 3.68. The third-order valence-corrected chi connectivity index (χ3v) is 5.30. The van der Waals surface area contributed by atoms with E-state index in [2.05, 4.69) is 52.9 Å². The molecule has 2 N–H and O–H groups in total. The lowest BCUT2D eigenvalue weighted by atomic mass is 10.1. The van der Waals surface area contributed by atoms with E-state index in [1.54, 1.807) is 7.11 Å². The van der Waals surface area contributed by atoms with Gasteiger partial charge in [0, 0.05) is 32.9 Å². The number of hydrogen-bond acceptors (Lipinski definition) is 5. The summed E-state index contributed by atoms with van der Waals surface area (Å²) in [6, 6.07) is 6.32. The number of aliphatic imine (C=N–C) groups is 1. The van der Waals surface area contributed by atoms with Crippen LogP contribution in [0.15, 0.2) is 23.2 Å². The molecule has 0 aliphatic carbocycles. The first kappa shape index (κ1) is 29.2. The predicted octanol–water partition coefficient (Wildman–Crippen LogP) is 4.28. The fraction of sp³-hybridized carbons (Fsp3) is 0.625. The molecule has 33 heavy (non-hydrogen) atoms. The minimum absolute atomic E-state index is 0. The zero-order valence-electron chi connectivity index (χ0n) is 20.8. The van der Waals surface area contributed by atoms with Gasteiger partial charge in [0.2, 0.25) is 0 Å². The third-order valence-electron chi connectivity index (χ3n) is 5.30. The lowest BCUT2D eigenvalue weighted by Gasteiger charge is -2.14. The number of halogens is 1. The first-order chi connectivity index (χ1) is 15.5. The Morgan fingerprint density at radius 3 is 2.58 bits per heavy atom. The van der Waals surface area contributed by atoms with Crippen molar-refractivity contribution >= 4 is 29.9 Å². The van der Waals surface area contributed by atoms with Crippen LogP contribution in [0.4, 0.5) is 0 Å². The molecule has 2 aromatic rings. The van der Waals surface area contributed by atoms with Crippen LogP contribution in [0.5, 0.6) is 5.75 Å². The minimum atomic E-state index is 0. The molecule has 1 heterocycles. The van der Waals surface area contributed by atoms with Crippen molar-refractivity contribution in [3.63, 3.8) is 0 Å². The number of unbranched alkanes of at least 4 members (excludes halogenated alkanes) is 3. The summed E-state index contributed by atoms with van der Waals surface area (Å²) in [4.78, 5) is 4.81. The quantitative estimate of drug-likeness (QED) is 0.152. The highest BCUT2D eigenvalue weighted by atomic mass is 127. The molecule has 0 atom stereocenters. The molecule has 0 unspecified atom stereocenters. The van der Waals surface area contributed by atoms with E-state index < -0.39 is 0 Å².